The van der Waals surface area contributed by atoms with Gasteiger partial charge in [0.05, 0.1) is 11.9 Å². The molecule has 0 atom stereocenters. The van der Waals surface area contributed by atoms with E-state index in [1.54, 1.807) is 10.9 Å². The van der Waals surface area contributed by atoms with E-state index in [1.165, 1.54) is 0 Å². The third-order valence-electron chi connectivity index (χ3n) is 2.97. The molecule has 0 amide bonds. The number of H-pyrrole nitrogens is 1. The highest BCUT2D eigenvalue weighted by Gasteiger charge is 2.10. The molecule has 0 radical (unpaired) electrons. The largest absolute Gasteiger partial charge is 0.310 e. The predicted octanol–water partition coefficient (Wildman–Crippen LogP) is 2.06. The number of aromatic nitrogens is 4. The second-order valence-corrected chi connectivity index (χ2v) is 4.39. The zero-order valence-electron chi connectivity index (χ0n) is 10.6. The number of hydrogen-bond donors (Lipinski definition) is 1. The van der Waals surface area contributed by atoms with Gasteiger partial charge in [0.2, 0.25) is 0 Å². The van der Waals surface area contributed by atoms with Crippen LogP contribution in [0.25, 0.3) is 16.7 Å². The van der Waals surface area contributed by atoms with Crippen LogP contribution in [-0.4, -0.2) is 19.7 Å². The van der Waals surface area contributed by atoms with Gasteiger partial charge in [-0.2, -0.15) is 5.10 Å². The lowest BCUT2D eigenvalue weighted by molar-refractivity contribution is 0.822. The van der Waals surface area contributed by atoms with Gasteiger partial charge in [0.15, 0.2) is 5.65 Å². The third-order valence-corrected chi connectivity index (χ3v) is 2.97. The molecule has 0 saturated heterocycles. The van der Waals surface area contributed by atoms with Crippen LogP contribution < -0.4 is 5.56 Å². The number of nitrogens with zero attached hydrogens (tertiary/aromatic N) is 3. The smallest absolute Gasteiger partial charge is 0.262 e. The Morgan fingerprint density at radius 2 is 2.05 bits per heavy atom. The zero-order chi connectivity index (χ0) is 13.2. The van der Waals surface area contributed by atoms with E-state index in [2.05, 4.69) is 22.0 Å². The maximum atomic E-state index is 12.0. The molecule has 0 fully saturated rings. The van der Waals surface area contributed by atoms with Crippen LogP contribution in [-0.2, 0) is 6.42 Å². The van der Waals surface area contributed by atoms with E-state index in [-0.39, 0.29) is 5.56 Å². The minimum atomic E-state index is -0.129. The highest BCUT2D eigenvalue weighted by Crippen LogP contribution is 2.13. The summed E-state index contributed by atoms with van der Waals surface area (Å²) in [6, 6.07) is 9.69. The van der Waals surface area contributed by atoms with E-state index in [9.17, 15) is 4.79 Å². The molecule has 1 N–H and O–H groups in total. The van der Waals surface area contributed by atoms with Gasteiger partial charge >= 0.3 is 0 Å². The Labute approximate surface area is 109 Å². The van der Waals surface area contributed by atoms with Gasteiger partial charge in [-0.15, -0.1) is 0 Å². The molecule has 0 aliphatic carbocycles. The molecular weight excluding hydrogens is 240 g/mol. The van der Waals surface area contributed by atoms with Gasteiger partial charge in [0.25, 0.3) is 5.56 Å². The first-order valence-corrected chi connectivity index (χ1v) is 6.32. The average molecular weight is 254 g/mol. The molecule has 0 saturated carbocycles. The summed E-state index contributed by atoms with van der Waals surface area (Å²) in [6.45, 7) is 2.05. The van der Waals surface area contributed by atoms with Crippen LogP contribution in [0, 0.1) is 0 Å². The Balaban J connectivity index is 2.24. The summed E-state index contributed by atoms with van der Waals surface area (Å²) in [5.41, 5.74) is 1.38. The van der Waals surface area contributed by atoms with Crippen molar-refractivity contribution in [3.63, 3.8) is 0 Å². The second kappa shape index (κ2) is 4.68. The fourth-order valence-corrected chi connectivity index (χ4v) is 2.08. The lowest BCUT2D eigenvalue weighted by atomic mass is 10.3. The Morgan fingerprint density at radius 1 is 1.26 bits per heavy atom. The van der Waals surface area contributed by atoms with Crippen molar-refractivity contribution >= 4 is 11.0 Å². The van der Waals surface area contributed by atoms with Crippen molar-refractivity contribution in [3.8, 4) is 5.69 Å². The standard InChI is InChI=1S/C14H14N4O/c1-2-6-12-16-13-11(14(19)17-12)9-15-18(13)10-7-4-3-5-8-10/h3-5,7-9H,2,6H2,1H3,(H,16,17,19). The van der Waals surface area contributed by atoms with Gasteiger partial charge < -0.3 is 4.98 Å². The molecule has 2 aromatic heterocycles. The van der Waals surface area contributed by atoms with Gasteiger partial charge in [-0.05, 0) is 18.6 Å². The van der Waals surface area contributed by atoms with E-state index in [1.807, 2.05) is 30.3 Å². The molecule has 0 spiro atoms. The number of fused-ring (bicyclic) bond motifs is 1. The lowest BCUT2D eigenvalue weighted by Crippen LogP contribution is -2.12. The van der Waals surface area contributed by atoms with Crippen LogP contribution in [0.4, 0.5) is 0 Å². The van der Waals surface area contributed by atoms with Crippen LogP contribution in [0.15, 0.2) is 41.3 Å². The molecule has 19 heavy (non-hydrogen) atoms. The van der Waals surface area contributed by atoms with Crippen LogP contribution in [0.1, 0.15) is 19.2 Å². The molecule has 3 aromatic rings. The van der Waals surface area contributed by atoms with Crippen LogP contribution in [0.2, 0.25) is 0 Å². The highest BCUT2D eigenvalue weighted by atomic mass is 16.1. The minimum absolute atomic E-state index is 0.129. The molecule has 96 valence electrons. The van der Waals surface area contributed by atoms with E-state index in [0.717, 1.165) is 18.5 Å². The predicted molar refractivity (Wildman–Crippen MR) is 73.5 cm³/mol. The first-order valence-electron chi connectivity index (χ1n) is 6.32. The first kappa shape index (κ1) is 11.6. The average Bonchev–Trinajstić information content (AvgIpc) is 2.84. The van der Waals surface area contributed by atoms with E-state index in [0.29, 0.717) is 16.9 Å². The van der Waals surface area contributed by atoms with E-state index in [4.69, 9.17) is 0 Å². The number of nitrogens with one attached hydrogen (secondary N) is 1. The summed E-state index contributed by atoms with van der Waals surface area (Å²) in [4.78, 5) is 19.3. The summed E-state index contributed by atoms with van der Waals surface area (Å²) in [5.74, 6) is 0.706. The Hall–Kier alpha value is -2.43. The van der Waals surface area contributed by atoms with Crippen molar-refractivity contribution in [1.82, 2.24) is 19.7 Å². The van der Waals surface area contributed by atoms with Crippen molar-refractivity contribution in [2.24, 2.45) is 0 Å². The van der Waals surface area contributed by atoms with Crippen LogP contribution >= 0.6 is 0 Å². The molecule has 0 bridgehead atoms. The van der Waals surface area contributed by atoms with Crippen LogP contribution in [0.3, 0.4) is 0 Å². The number of aryl methyl sites for hydroxylation is 1. The molecule has 5 heteroatoms. The Bertz CT molecular complexity index is 758. The van der Waals surface area contributed by atoms with Crippen molar-refractivity contribution in [2.75, 3.05) is 0 Å². The fourth-order valence-electron chi connectivity index (χ4n) is 2.08. The molecule has 0 unspecified atom stereocenters. The van der Waals surface area contributed by atoms with Gasteiger partial charge in [0.1, 0.15) is 11.2 Å². The van der Waals surface area contributed by atoms with E-state index < -0.39 is 0 Å². The molecule has 5 nitrogen and oxygen atoms in total. The van der Waals surface area contributed by atoms with Crippen LogP contribution in [0.5, 0.6) is 0 Å². The van der Waals surface area contributed by atoms with Crippen molar-refractivity contribution in [3.05, 3.63) is 52.7 Å². The lowest BCUT2D eigenvalue weighted by Gasteiger charge is -2.03. The molecule has 0 aliphatic rings. The maximum Gasteiger partial charge on any atom is 0.262 e. The first-order chi connectivity index (χ1) is 9.29. The highest BCUT2D eigenvalue weighted by molar-refractivity contribution is 5.75. The number of rotatable bonds is 3. The van der Waals surface area contributed by atoms with E-state index >= 15 is 0 Å². The van der Waals surface area contributed by atoms with Crippen molar-refractivity contribution in [1.29, 1.82) is 0 Å². The Morgan fingerprint density at radius 3 is 2.79 bits per heavy atom. The normalized spacial score (nSPS) is 11.0. The molecular formula is C14H14N4O. The Kier molecular flexibility index (Phi) is 2.87. The van der Waals surface area contributed by atoms with Gasteiger partial charge in [-0.3, -0.25) is 4.79 Å². The van der Waals surface area contributed by atoms with Gasteiger partial charge in [0, 0.05) is 6.42 Å². The number of para-hydroxylation sites is 1. The monoisotopic (exact) mass is 254 g/mol. The number of benzene rings is 1. The minimum Gasteiger partial charge on any atom is -0.310 e. The molecule has 3 rings (SSSR count). The number of hydrogen-bond acceptors (Lipinski definition) is 3. The summed E-state index contributed by atoms with van der Waals surface area (Å²) < 4.78 is 1.70. The van der Waals surface area contributed by atoms with Gasteiger partial charge in [-0.1, -0.05) is 25.1 Å². The summed E-state index contributed by atoms with van der Waals surface area (Å²) >= 11 is 0. The fraction of sp³-hybridized carbons (Fsp3) is 0.214. The quantitative estimate of drug-likeness (QED) is 0.778. The zero-order valence-corrected chi connectivity index (χ0v) is 10.6. The third kappa shape index (κ3) is 2.03. The molecule has 0 aliphatic heterocycles. The number of aromatic amines is 1. The summed E-state index contributed by atoms with van der Waals surface area (Å²) in [7, 11) is 0. The second-order valence-electron chi connectivity index (χ2n) is 4.39. The topological polar surface area (TPSA) is 63.6 Å². The molecule has 1 aromatic carbocycles. The summed E-state index contributed by atoms with van der Waals surface area (Å²) in [6.07, 6.45) is 3.25. The SMILES string of the molecule is CCCc1nc2c(cnn2-c2ccccc2)c(=O)[nH]1. The molecule has 2 heterocycles. The maximum absolute atomic E-state index is 12.0. The van der Waals surface area contributed by atoms with Gasteiger partial charge in [-0.25, -0.2) is 9.67 Å². The van der Waals surface area contributed by atoms with Crippen molar-refractivity contribution in [2.45, 2.75) is 19.8 Å². The summed E-state index contributed by atoms with van der Waals surface area (Å²) in [5, 5.41) is 4.78. The van der Waals surface area contributed by atoms with Crippen molar-refractivity contribution < 1.29 is 0 Å².